The van der Waals surface area contributed by atoms with Crippen molar-refractivity contribution in [3.05, 3.63) is 0 Å². The van der Waals surface area contributed by atoms with Gasteiger partial charge in [-0.05, 0) is 25.0 Å². The average molecular weight is 256 g/mol. The molecule has 2 rings (SSSR count). The number of amides is 1. The van der Waals surface area contributed by atoms with Gasteiger partial charge in [0.1, 0.15) is 0 Å². The molecule has 0 aliphatic carbocycles. The molecule has 0 radical (unpaired) electrons. The first kappa shape index (κ1) is 13.2. The fourth-order valence-electron chi connectivity index (χ4n) is 2.67. The molecular formula is C13H24N2OS. The third-order valence-electron chi connectivity index (χ3n) is 3.63. The second kappa shape index (κ2) is 6.10. The topological polar surface area (TPSA) is 32.3 Å². The second-order valence-electron chi connectivity index (χ2n) is 5.51. The molecule has 1 amide bonds. The van der Waals surface area contributed by atoms with Gasteiger partial charge in [-0.1, -0.05) is 13.8 Å². The lowest BCUT2D eigenvalue weighted by molar-refractivity contribution is -0.133. The first-order valence-electron chi connectivity index (χ1n) is 6.79. The average Bonchev–Trinajstić information content (AvgIpc) is 2.77. The molecule has 0 aromatic rings. The quantitative estimate of drug-likeness (QED) is 0.834. The van der Waals surface area contributed by atoms with Gasteiger partial charge in [0.25, 0.3) is 0 Å². The highest BCUT2D eigenvalue weighted by atomic mass is 32.2. The zero-order chi connectivity index (χ0) is 12.3. The molecule has 0 bridgehead atoms. The maximum absolute atomic E-state index is 11.9. The van der Waals surface area contributed by atoms with Crippen molar-refractivity contribution in [1.29, 1.82) is 0 Å². The monoisotopic (exact) mass is 256 g/mol. The number of hydrogen-bond donors (Lipinski definition) is 1. The number of nitrogens with zero attached hydrogens (tertiary/aromatic N) is 1. The summed E-state index contributed by atoms with van der Waals surface area (Å²) in [4.78, 5) is 13.9. The highest BCUT2D eigenvalue weighted by molar-refractivity contribution is 7.99. The Hall–Kier alpha value is -0.220. The minimum absolute atomic E-state index is 0.138. The van der Waals surface area contributed by atoms with Crippen molar-refractivity contribution in [1.82, 2.24) is 10.2 Å². The Bertz CT molecular complexity index is 264. The van der Waals surface area contributed by atoms with Crippen LogP contribution in [0.5, 0.6) is 0 Å². The van der Waals surface area contributed by atoms with E-state index in [2.05, 4.69) is 17.1 Å². The lowest BCUT2D eigenvalue weighted by atomic mass is 10.1. The summed E-state index contributed by atoms with van der Waals surface area (Å²) >= 11 is 2.06. The Kier molecular flexibility index (Phi) is 4.74. The Morgan fingerprint density at radius 3 is 2.82 bits per heavy atom. The van der Waals surface area contributed by atoms with E-state index in [-0.39, 0.29) is 5.92 Å². The molecule has 2 aliphatic heterocycles. The smallest absolute Gasteiger partial charge is 0.225 e. The molecule has 17 heavy (non-hydrogen) atoms. The van der Waals surface area contributed by atoms with Crippen LogP contribution in [0.4, 0.5) is 0 Å². The van der Waals surface area contributed by atoms with Gasteiger partial charge in [0, 0.05) is 36.8 Å². The van der Waals surface area contributed by atoms with Gasteiger partial charge in [-0.2, -0.15) is 11.8 Å². The minimum atomic E-state index is 0.138. The molecule has 1 N–H and O–H groups in total. The summed E-state index contributed by atoms with van der Waals surface area (Å²) in [7, 11) is 0. The van der Waals surface area contributed by atoms with Crippen LogP contribution in [0.1, 0.15) is 33.1 Å². The van der Waals surface area contributed by atoms with Crippen LogP contribution >= 0.6 is 11.8 Å². The Morgan fingerprint density at radius 2 is 2.18 bits per heavy atom. The standard InChI is InChI=1S/C13H24N2OS/c1-10(2)13(16)15-6-5-11(8-15)14-12-4-3-7-17-9-12/h10-12,14H,3-9H2,1-2H3/t11-,12+/m1/s1. The first-order chi connectivity index (χ1) is 8.16. The molecule has 2 saturated heterocycles. The van der Waals surface area contributed by atoms with E-state index in [1.807, 2.05) is 18.7 Å². The van der Waals surface area contributed by atoms with Crippen LogP contribution in [-0.4, -0.2) is 47.5 Å². The Morgan fingerprint density at radius 1 is 1.35 bits per heavy atom. The molecular weight excluding hydrogens is 232 g/mol. The maximum Gasteiger partial charge on any atom is 0.225 e. The van der Waals surface area contributed by atoms with Crippen LogP contribution < -0.4 is 5.32 Å². The van der Waals surface area contributed by atoms with E-state index in [0.717, 1.165) is 19.5 Å². The van der Waals surface area contributed by atoms with E-state index in [0.29, 0.717) is 18.0 Å². The van der Waals surface area contributed by atoms with E-state index in [9.17, 15) is 4.79 Å². The summed E-state index contributed by atoms with van der Waals surface area (Å²) in [5.74, 6) is 3.02. The van der Waals surface area contributed by atoms with E-state index in [1.165, 1.54) is 24.3 Å². The molecule has 98 valence electrons. The lowest BCUT2D eigenvalue weighted by Crippen LogP contribution is -2.43. The number of carbonyl (C=O) groups excluding carboxylic acids is 1. The zero-order valence-electron chi connectivity index (χ0n) is 10.9. The highest BCUT2D eigenvalue weighted by Gasteiger charge is 2.29. The van der Waals surface area contributed by atoms with Gasteiger partial charge in [-0.25, -0.2) is 0 Å². The van der Waals surface area contributed by atoms with Crippen molar-refractivity contribution in [2.75, 3.05) is 24.6 Å². The van der Waals surface area contributed by atoms with Crippen LogP contribution in [0, 0.1) is 5.92 Å². The number of hydrogen-bond acceptors (Lipinski definition) is 3. The summed E-state index contributed by atoms with van der Waals surface area (Å²) in [6, 6.07) is 1.20. The summed E-state index contributed by atoms with van der Waals surface area (Å²) in [6.45, 7) is 5.83. The molecule has 0 aromatic heterocycles. The van der Waals surface area contributed by atoms with Crippen LogP contribution in [0.3, 0.4) is 0 Å². The Balaban J connectivity index is 1.75. The van der Waals surface area contributed by atoms with Gasteiger partial charge in [-0.15, -0.1) is 0 Å². The van der Waals surface area contributed by atoms with Crippen LogP contribution in [-0.2, 0) is 4.79 Å². The predicted octanol–water partition coefficient (Wildman–Crippen LogP) is 1.73. The molecule has 0 saturated carbocycles. The van der Waals surface area contributed by atoms with E-state index in [1.54, 1.807) is 0 Å². The van der Waals surface area contributed by atoms with Crippen molar-refractivity contribution in [2.24, 2.45) is 5.92 Å². The Labute approximate surface area is 109 Å². The van der Waals surface area contributed by atoms with Gasteiger partial charge in [0.2, 0.25) is 5.91 Å². The molecule has 2 aliphatic rings. The third kappa shape index (κ3) is 3.62. The number of likely N-dealkylation sites (tertiary alicyclic amines) is 1. The number of nitrogens with one attached hydrogen (secondary N) is 1. The van der Waals surface area contributed by atoms with Crippen LogP contribution in [0.15, 0.2) is 0 Å². The van der Waals surface area contributed by atoms with Gasteiger partial charge < -0.3 is 10.2 Å². The van der Waals surface area contributed by atoms with Gasteiger partial charge in [0.15, 0.2) is 0 Å². The molecule has 4 heteroatoms. The normalized spacial score (nSPS) is 29.9. The molecule has 3 nitrogen and oxygen atoms in total. The summed E-state index contributed by atoms with van der Waals surface area (Å²) in [5, 5.41) is 3.73. The van der Waals surface area contributed by atoms with Crippen molar-refractivity contribution < 1.29 is 4.79 Å². The number of thioether (sulfide) groups is 1. The third-order valence-corrected chi connectivity index (χ3v) is 4.84. The lowest BCUT2D eigenvalue weighted by Gasteiger charge is -2.26. The van der Waals surface area contributed by atoms with Crippen molar-refractivity contribution >= 4 is 17.7 Å². The molecule has 0 aromatic carbocycles. The fraction of sp³-hybridized carbons (Fsp3) is 0.923. The van der Waals surface area contributed by atoms with Crippen LogP contribution in [0.2, 0.25) is 0 Å². The molecule has 0 unspecified atom stereocenters. The summed E-state index contributed by atoms with van der Waals surface area (Å²) in [5.41, 5.74) is 0. The van der Waals surface area contributed by atoms with Gasteiger partial charge in [-0.3, -0.25) is 4.79 Å². The SMILES string of the molecule is CC(C)C(=O)N1CC[C@@H](N[C@H]2CCCSC2)C1. The fourth-order valence-corrected chi connectivity index (χ4v) is 3.75. The van der Waals surface area contributed by atoms with E-state index < -0.39 is 0 Å². The first-order valence-corrected chi connectivity index (χ1v) is 7.95. The van der Waals surface area contributed by atoms with Crippen LogP contribution in [0.25, 0.3) is 0 Å². The van der Waals surface area contributed by atoms with Crippen molar-refractivity contribution in [2.45, 2.75) is 45.2 Å². The van der Waals surface area contributed by atoms with Gasteiger partial charge >= 0.3 is 0 Å². The largest absolute Gasteiger partial charge is 0.341 e. The molecule has 2 atom stereocenters. The van der Waals surface area contributed by atoms with E-state index >= 15 is 0 Å². The number of carbonyl (C=O) groups is 1. The highest BCUT2D eigenvalue weighted by Crippen LogP contribution is 2.19. The predicted molar refractivity (Wildman–Crippen MR) is 73.3 cm³/mol. The van der Waals surface area contributed by atoms with E-state index in [4.69, 9.17) is 0 Å². The number of rotatable bonds is 3. The maximum atomic E-state index is 11.9. The molecule has 2 fully saturated rings. The molecule has 0 spiro atoms. The molecule has 2 heterocycles. The minimum Gasteiger partial charge on any atom is -0.341 e. The van der Waals surface area contributed by atoms with Gasteiger partial charge in [0.05, 0.1) is 0 Å². The second-order valence-corrected chi connectivity index (χ2v) is 6.66. The van der Waals surface area contributed by atoms with Crippen molar-refractivity contribution in [3.8, 4) is 0 Å². The summed E-state index contributed by atoms with van der Waals surface area (Å²) in [6.07, 6.45) is 3.77. The zero-order valence-corrected chi connectivity index (χ0v) is 11.8. The summed E-state index contributed by atoms with van der Waals surface area (Å²) < 4.78 is 0. The van der Waals surface area contributed by atoms with Crippen molar-refractivity contribution in [3.63, 3.8) is 0 Å².